The van der Waals surface area contributed by atoms with Gasteiger partial charge in [0.2, 0.25) is 15.9 Å². The zero-order valence-corrected chi connectivity index (χ0v) is 22.3. The van der Waals surface area contributed by atoms with E-state index in [0.717, 1.165) is 59.9 Å². The van der Waals surface area contributed by atoms with Gasteiger partial charge in [-0.15, -0.1) is 5.10 Å². The van der Waals surface area contributed by atoms with Crippen LogP contribution in [0.4, 0.5) is 11.4 Å². The predicted octanol–water partition coefficient (Wildman–Crippen LogP) is 2.82. The van der Waals surface area contributed by atoms with Crippen molar-refractivity contribution in [3.63, 3.8) is 0 Å². The first-order valence-electron chi connectivity index (χ1n) is 10.7. The van der Waals surface area contributed by atoms with E-state index in [9.17, 15) is 37.1 Å². The molecule has 0 aliphatic heterocycles. The Morgan fingerprint density at radius 2 is 1.27 bits per heavy atom. The summed E-state index contributed by atoms with van der Waals surface area (Å²) in [6.07, 6.45) is 0.195. The van der Waals surface area contributed by atoms with Crippen LogP contribution in [-0.2, 0) is 24.8 Å². The van der Waals surface area contributed by atoms with Crippen LogP contribution in [0.25, 0.3) is 0 Å². The SMILES string of the molecule is CO/C(=N/N(C)S(=O)(=O)c1ccc([N+](=O)[O-])cc1)[C@H](CC(C)C)N(C)S(=O)(=O)c1ccc([N+](=O)[O-])cc1. The van der Waals surface area contributed by atoms with Gasteiger partial charge in [0, 0.05) is 38.4 Å². The number of methoxy groups -OCH3 is 1. The maximum atomic E-state index is 13.3. The van der Waals surface area contributed by atoms with E-state index in [0.29, 0.717) is 4.41 Å². The number of rotatable bonds is 11. The van der Waals surface area contributed by atoms with E-state index in [4.69, 9.17) is 4.74 Å². The van der Waals surface area contributed by atoms with Crippen LogP contribution in [-0.4, -0.2) is 68.5 Å². The molecule has 2 rings (SSSR count). The average molecular weight is 558 g/mol. The Hall–Kier alpha value is -3.63. The number of non-ortho nitro benzene ring substituents is 2. The molecule has 0 heterocycles. The average Bonchev–Trinajstić information content (AvgIpc) is 2.85. The first-order valence-corrected chi connectivity index (χ1v) is 13.6. The molecule has 14 nitrogen and oxygen atoms in total. The molecule has 0 aliphatic carbocycles. The van der Waals surface area contributed by atoms with Gasteiger partial charge in [-0.25, -0.2) is 8.42 Å². The van der Waals surface area contributed by atoms with Crippen molar-refractivity contribution in [3.8, 4) is 0 Å². The van der Waals surface area contributed by atoms with Gasteiger partial charge in [-0.2, -0.15) is 17.1 Å². The van der Waals surface area contributed by atoms with E-state index < -0.39 is 35.9 Å². The summed E-state index contributed by atoms with van der Waals surface area (Å²) in [4.78, 5) is 20.0. The molecule has 0 aliphatic rings. The zero-order valence-electron chi connectivity index (χ0n) is 20.7. The Bertz CT molecular complexity index is 1370. The van der Waals surface area contributed by atoms with Crippen molar-refractivity contribution in [3.05, 3.63) is 68.8 Å². The standard InChI is InChI=1S/C21H27N5O9S2/c1-15(2)14-20(23(3)36(31,32)18-10-6-16(7-11-18)25(27)28)21(35-5)22-24(4)37(33,34)19-12-8-17(9-13-19)26(29)30/h6-13,15,20H,14H2,1-5H3/b22-21+/t20-/m0/s1. The number of nitro groups is 2. The highest BCUT2D eigenvalue weighted by Gasteiger charge is 2.34. The second kappa shape index (κ2) is 11.6. The normalized spacial score (nSPS) is 13.4. The summed E-state index contributed by atoms with van der Waals surface area (Å²) < 4.78 is 59.5. The number of likely N-dealkylation sites (N-methyl/N-ethyl adjacent to an activating group) is 1. The van der Waals surface area contributed by atoms with Crippen LogP contribution in [0.3, 0.4) is 0 Å². The van der Waals surface area contributed by atoms with Crippen molar-refractivity contribution in [2.75, 3.05) is 21.2 Å². The summed E-state index contributed by atoms with van der Waals surface area (Å²) in [7, 11) is -4.86. The molecule has 0 unspecified atom stereocenters. The molecule has 1 atom stereocenters. The monoisotopic (exact) mass is 557 g/mol. The van der Waals surface area contributed by atoms with Crippen molar-refractivity contribution in [2.45, 2.75) is 36.1 Å². The number of hydrazone groups is 1. The molecule has 0 spiro atoms. The van der Waals surface area contributed by atoms with Gasteiger partial charge < -0.3 is 4.74 Å². The van der Waals surface area contributed by atoms with Crippen LogP contribution in [0.2, 0.25) is 0 Å². The van der Waals surface area contributed by atoms with Crippen molar-refractivity contribution in [1.29, 1.82) is 0 Å². The minimum absolute atomic E-state index is 0.0727. The third-order valence-electron chi connectivity index (χ3n) is 5.28. The lowest BCUT2D eigenvalue weighted by Crippen LogP contribution is -2.44. The van der Waals surface area contributed by atoms with Crippen molar-refractivity contribution in [1.82, 2.24) is 8.72 Å². The number of hydrogen-bond acceptors (Lipinski definition) is 10. The van der Waals surface area contributed by atoms with E-state index in [1.54, 1.807) is 0 Å². The fourth-order valence-electron chi connectivity index (χ4n) is 3.25. The number of benzene rings is 2. The first kappa shape index (κ1) is 29.6. The van der Waals surface area contributed by atoms with Gasteiger partial charge in [0.05, 0.1) is 26.7 Å². The van der Waals surface area contributed by atoms with Crippen LogP contribution >= 0.6 is 0 Å². The maximum absolute atomic E-state index is 13.3. The van der Waals surface area contributed by atoms with Gasteiger partial charge in [-0.1, -0.05) is 13.8 Å². The smallest absolute Gasteiger partial charge is 0.278 e. The molecule has 16 heteroatoms. The molecule has 2 aromatic rings. The molecule has 0 fully saturated rings. The Morgan fingerprint density at radius 3 is 1.62 bits per heavy atom. The highest BCUT2D eigenvalue weighted by Crippen LogP contribution is 2.25. The lowest BCUT2D eigenvalue weighted by Gasteiger charge is -2.29. The molecule has 0 saturated carbocycles. The van der Waals surface area contributed by atoms with Gasteiger partial charge in [0.15, 0.2) is 0 Å². The van der Waals surface area contributed by atoms with Gasteiger partial charge in [0.25, 0.3) is 21.4 Å². The van der Waals surface area contributed by atoms with E-state index in [-0.39, 0.29) is 39.4 Å². The first-order chi connectivity index (χ1) is 17.1. The minimum atomic E-state index is -4.26. The molecule has 0 bridgehead atoms. The van der Waals surface area contributed by atoms with Crippen LogP contribution in [0.1, 0.15) is 20.3 Å². The van der Waals surface area contributed by atoms with Crippen LogP contribution < -0.4 is 0 Å². The fraction of sp³-hybridized carbons (Fsp3) is 0.381. The molecule has 202 valence electrons. The largest absolute Gasteiger partial charge is 0.482 e. The molecule has 0 aromatic heterocycles. The van der Waals surface area contributed by atoms with E-state index >= 15 is 0 Å². The summed E-state index contributed by atoms with van der Waals surface area (Å²) >= 11 is 0. The highest BCUT2D eigenvalue weighted by atomic mass is 32.2. The number of nitrogens with zero attached hydrogens (tertiary/aromatic N) is 5. The van der Waals surface area contributed by atoms with E-state index in [2.05, 4.69) is 5.10 Å². The van der Waals surface area contributed by atoms with E-state index in [1.807, 2.05) is 13.8 Å². The van der Waals surface area contributed by atoms with Crippen LogP contribution in [0.15, 0.2) is 63.4 Å². The van der Waals surface area contributed by atoms with Crippen molar-refractivity contribution >= 4 is 37.3 Å². The summed E-state index contributed by atoms with van der Waals surface area (Å²) in [6.45, 7) is 3.65. The van der Waals surface area contributed by atoms with Crippen LogP contribution in [0, 0.1) is 26.1 Å². The van der Waals surface area contributed by atoms with Gasteiger partial charge in [0.1, 0.15) is 6.04 Å². The van der Waals surface area contributed by atoms with Gasteiger partial charge in [-0.3, -0.25) is 20.2 Å². The molecule has 0 N–H and O–H groups in total. The van der Waals surface area contributed by atoms with Gasteiger partial charge in [-0.05, 0) is 36.6 Å². The molecule has 37 heavy (non-hydrogen) atoms. The number of nitro benzene ring substituents is 2. The number of hydrogen-bond donors (Lipinski definition) is 0. The van der Waals surface area contributed by atoms with Gasteiger partial charge >= 0.3 is 0 Å². The third-order valence-corrected chi connectivity index (χ3v) is 8.81. The Morgan fingerprint density at radius 1 is 0.865 bits per heavy atom. The molecular weight excluding hydrogens is 530 g/mol. The summed E-state index contributed by atoms with van der Waals surface area (Å²) in [5.41, 5.74) is -0.574. The molecule has 0 amide bonds. The summed E-state index contributed by atoms with van der Waals surface area (Å²) in [6, 6.07) is 7.48. The molecule has 2 aromatic carbocycles. The lowest BCUT2D eigenvalue weighted by atomic mass is 10.0. The highest BCUT2D eigenvalue weighted by molar-refractivity contribution is 7.89. The number of ether oxygens (including phenoxy) is 1. The molecule has 0 saturated heterocycles. The maximum Gasteiger partial charge on any atom is 0.278 e. The number of sulfonamides is 2. The fourth-order valence-corrected chi connectivity index (χ4v) is 5.55. The summed E-state index contributed by atoms with van der Waals surface area (Å²) in [5.74, 6) is -0.300. The van der Waals surface area contributed by atoms with Crippen molar-refractivity contribution < 1.29 is 31.4 Å². The topological polar surface area (TPSA) is 183 Å². The molecule has 0 radical (unpaired) electrons. The van der Waals surface area contributed by atoms with Crippen molar-refractivity contribution in [2.24, 2.45) is 11.0 Å². The zero-order chi connectivity index (χ0) is 28.1. The summed E-state index contributed by atoms with van der Waals surface area (Å²) in [5, 5.41) is 25.8. The Kier molecular flexibility index (Phi) is 9.29. The Balaban J connectivity index is 2.48. The quantitative estimate of drug-likeness (QED) is 0.173. The minimum Gasteiger partial charge on any atom is -0.482 e. The second-order valence-corrected chi connectivity index (χ2v) is 12.2. The lowest BCUT2D eigenvalue weighted by molar-refractivity contribution is -0.385. The van der Waals surface area contributed by atoms with Crippen LogP contribution in [0.5, 0.6) is 0 Å². The predicted molar refractivity (Wildman–Crippen MR) is 134 cm³/mol. The third kappa shape index (κ3) is 6.78. The second-order valence-electron chi connectivity index (χ2n) is 8.25. The Labute approximate surface area is 214 Å². The molecular formula is C21H27N5O9S2. The van der Waals surface area contributed by atoms with E-state index in [1.165, 1.54) is 14.2 Å².